The first-order valence-electron chi connectivity index (χ1n) is 10.8. The highest BCUT2D eigenvalue weighted by atomic mass is 16.6. The van der Waals surface area contributed by atoms with Crippen LogP contribution in [0.3, 0.4) is 0 Å². The van der Waals surface area contributed by atoms with Gasteiger partial charge in [-0.25, -0.2) is 19.6 Å². The van der Waals surface area contributed by atoms with Gasteiger partial charge in [0.1, 0.15) is 17.6 Å². The number of fused-ring (bicyclic) bond motifs is 1. The van der Waals surface area contributed by atoms with Crippen LogP contribution in [-0.2, 0) is 16.0 Å². The third kappa shape index (κ3) is 5.23. The molecule has 0 unspecified atom stereocenters. The van der Waals surface area contributed by atoms with Gasteiger partial charge in [0.2, 0.25) is 0 Å². The van der Waals surface area contributed by atoms with E-state index in [2.05, 4.69) is 20.3 Å². The first-order valence-corrected chi connectivity index (χ1v) is 10.8. The average Bonchev–Trinajstić information content (AvgIpc) is 3.26. The van der Waals surface area contributed by atoms with Crippen molar-refractivity contribution in [2.75, 3.05) is 7.11 Å². The van der Waals surface area contributed by atoms with Crippen LogP contribution in [0.4, 0.5) is 4.79 Å². The second-order valence-electron chi connectivity index (χ2n) is 8.79. The van der Waals surface area contributed by atoms with E-state index in [0.29, 0.717) is 17.8 Å². The smallest absolute Gasteiger partial charge is 0.407 e. The maximum Gasteiger partial charge on any atom is 0.407 e. The number of nitrogens with one attached hydrogen (secondary N) is 2. The molecule has 0 bridgehead atoms. The van der Waals surface area contributed by atoms with Gasteiger partial charge in [0, 0.05) is 23.2 Å². The van der Waals surface area contributed by atoms with Gasteiger partial charge < -0.3 is 19.8 Å². The van der Waals surface area contributed by atoms with Gasteiger partial charge in [-0.15, -0.1) is 0 Å². The van der Waals surface area contributed by atoms with E-state index in [9.17, 15) is 9.59 Å². The number of aromatic amines is 1. The topological polar surface area (TPSA) is 106 Å². The number of carbonyl (C=O) groups excluding carboxylic acids is 2. The number of carbonyl (C=O) groups is 2. The van der Waals surface area contributed by atoms with Crippen molar-refractivity contribution in [2.45, 2.75) is 32.9 Å². The van der Waals surface area contributed by atoms with Gasteiger partial charge in [0.25, 0.3) is 0 Å². The van der Waals surface area contributed by atoms with E-state index in [1.807, 2.05) is 63.2 Å². The van der Waals surface area contributed by atoms with Crippen molar-refractivity contribution in [1.29, 1.82) is 0 Å². The number of rotatable bonds is 5. The van der Waals surface area contributed by atoms with Crippen molar-refractivity contribution in [3.05, 3.63) is 72.1 Å². The molecule has 34 heavy (non-hydrogen) atoms. The van der Waals surface area contributed by atoms with E-state index in [-0.39, 0.29) is 5.97 Å². The number of hydrogen-bond donors (Lipinski definition) is 2. The number of methoxy groups -OCH3 is 1. The van der Waals surface area contributed by atoms with Gasteiger partial charge in [0.05, 0.1) is 18.4 Å². The Hall–Kier alpha value is -4.20. The number of hydrogen-bond acceptors (Lipinski definition) is 6. The maximum absolute atomic E-state index is 11.9. The molecular weight excluding hydrogens is 432 g/mol. The predicted molar refractivity (Wildman–Crippen MR) is 129 cm³/mol. The molecule has 2 N–H and O–H groups in total. The second kappa shape index (κ2) is 9.35. The molecule has 8 heteroatoms. The molecule has 1 amide bonds. The summed E-state index contributed by atoms with van der Waals surface area (Å²) in [7, 11) is 1.36. The lowest BCUT2D eigenvalue weighted by atomic mass is 10.1. The molecule has 0 aliphatic carbocycles. The monoisotopic (exact) mass is 458 g/mol. The van der Waals surface area contributed by atoms with Crippen molar-refractivity contribution in [3.63, 3.8) is 0 Å². The zero-order valence-electron chi connectivity index (χ0n) is 19.5. The highest BCUT2D eigenvalue weighted by Gasteiger charge is 2.16. The number of nitrogens with zero attached hydrogens (tertiary/aromatic N) is 2. The molecule has 2 heterocycles. The van der Waals surface area contributed by atoms with Crippen molar-refractivity contribution in [3.8, 4) is 22.5 Å². The zero-order valence-corrected chi connectivity index (χ0v) is 19.5. The van der Waals surface area contributed by atoms with Crippen LogP contribution in [-0.4, -0.2) is 39.7 Å². The molecule has 0 radical (unpaired) electrons. The van der Waals surface area contributed by atoms with E-state index < -0.39 is 11.7 Å². The van der Waals surface area contributed by atoms with Gasteiger partial charge in [-0.3, -0.25) is 0 Å². The molecule has 0 spiro atoms. The Kier molecular flexibility index (Phi) is 6.32. The van der Waals surface area contributed by atoms with E-state index in [1.165, 1.54) is 13.4 Å². The van der Waals surface area contributed by atoms with Crippen LogP contribution in [0.25, 0.3) is 33.5 Å². The molecule has 2 aromatic heterocycles. The fourth-order valence-electron chi connectivity index (χ4n) is 3.50. The highest BCUT2D eigenvalue weighted by Crippen LogP contribution is 2.30. The third-order valence-electron chi connectivity index (χ3n) is 5.11. The number of aromatic nitrogens is 3. The molecule has 0 fully saturated rings. The summed E-state index contributed by atoms with van der Waals surface area (Å²) < 4.78 is 10.0. The number of esters is 1. The minimum absolute atomic E-state index is 0.365. The van der Waals surface area contributed by atoms with Crippen molar-refractivity contribution < 1.29 is 19.1 Å². The van der Waals surface area contributed by atoms with E-state index in [1.54, 1.807) is 12.1 Å². The summed E-state index contributed by atoms with van der Waals surface area (Å²) in [4.78, 5) is 35.7. The normalized spacial score (nSPS) is 11.3. The first kappa shape index (κ1) is 23.0. The molecule has 0 atom stereocenters. The van der Waals surface area contributed by atoms with Crippen LogP contribution in [0.5, 0.6) is 0 Å². The molecule has 0 saturated carbocycles. The van der Waals surface area contributed by atoms with Crippen LogP contribution in [0.15, 0.2) is 60.9 Å². The summed E-state index contributed by atoms with van der Waals surface area (Å²) in [6.07, 6.45) is 1.07. The second-order valence-corrected chi connectivity index (χ2v) is 8.79. The Balaban J connectivity index is 1.54. The molecule has 4 aromatic rings. The van der Waals surface area contributed by atoms with Crippen molar-refractivity contribution >= 4 is 23.1 Å². The summed E-state index contributed by atoms with van der Waals surface area (Å²) in [5.41, 5.74) is 5.12. The summed E-state index contributed by atoms with van der Waals surface area (Å²) >= 11 is 0. The minimum Gasteiger partial charge on any atom is -0.465 e. The van der Waals surface area contributed by atoms with Gasteiger partial charge in [0.15, 0.2) is 0 Å². The third-order valence-corrected chi connectivity index (χ3v) is 5.11. The highest BCUT2D eigenvalue weighted by molar-refractivity contribution is 5.94. The number of alkyl carbamates (subject to hydrolysis) is 1. The summed E-state index contributed by atoms with van der Waals surface area (Å²) in [5.74, 6) is -0.374. The Morgan fingerprint density at radius 3 is 2.29 bits per heavy atom. The predicted octanol–water partition coefficient (Wildman–Crippen LogP) is 5.10. The summed E-state index contributed by atoms with van der Waals surface area (Å²) in [5, 5.41) is 3.64. The Morgan fingerprint density at radius 2 is 1.65 bits per heavy atom. The van der Waals surface area contributed by atoms with Crippen LogP contribution in [0.1, 0.15) is 36.7 Å². The SMILES string of the molecule is COC(=O)c1ccc(-c2cc3c(-c4ccc(CNC(=O)OC(C)(C)C)cc4)ncnc3[nH]2)cc1. The minimum atomic E-state index is -0.537. The van der Waals surface area contributed by atoms with Gasteiger partial charge in [-0.05, 0) is 50.1 Å². The Labute approximate surface area is 197 Å². The van der Waals surface area contributed by atoms with Gasteiger partial charge in [-0.2, -0.15) is 0 Å². The largest absolute Gasteiger partial charge is 0.465 e. The van der Waals surface area contributed by atoms with Crippen LogP contribution < -0.4 is 5.32 Å². The molecule has 0 aliphatic rings. The lowest BCUT2D eigenvalue weighted by Gasteiger charge is -2.19. The lowest BCUT2D eigenvalue weighted by Crippen LogP contribution is -2.32. The fraction of sp³-hybridized carbons (Fsp3) is 0.231. The van der Waals surface area contributed by atoms with Crippen LogP contribution in [0.2, 0.25) is 0 Å². The molecule has 174 valence electrons. The number of ether oxygens (including phenoxy) is 2. The van der Waals surface area contributed by atoms with E-state index in [4.69, 9.17) is 9.47 Å². The first-order chi connectivity index (χ1) is 16.2. The van der Waals surface area contributed by atoms with Gasteiger partial charge >= 0.3 is 12.1 Å². The standard InChI is InChI=1S/C26H26N4O4/c1-26(2,3)34-25(32)27-14-16-5-7-18(8-6-16)22-20-13-21(30-23(20)29-15-28-22)17-9-11-19(12-10-17)24(31)33-4/h5-13,15H,14H2,1-4H3,(H,27,32)(H,28,29,30). The van der Waals surface area contributed by atoms with Crippen molar-refractivity contribution in [1.82, 2.24) is 20.3 Å². The lowest BCUT2D eigenvalue weighted by molar-refractivity contribution is 0.0522. The molecular formula is C26H26N4O4. The fourth-order valence-corrected chi connectivity index (χ4v) is 3.50. The summed E-state index contributed by atoms with van der Waals surface area (Å²) in [6.45, 7) is 5.85. The van der Waals surface area contributed by atoms with E-state index in [0.717, 1.165) is 33.5 Å². The van der Waals surface area contributed by atoms with Crippen LogP contribution >= 0.6 is 0 Å². The number of amides is 1. The number of benzene rings is 2. The average molecular weight is 459 g/mol. The quantitative estimate of drug-likeness (QED) is 0.403. The molecule has 8 nitrogen and oxygen atoms in total. The molecule has 2 aromatic carbocycles. The zero-order chi connectivity index (χ0) is 24.3. The molecule has 0 aliphatic heterocycles. The van der Waals surface area contributed by atoms with E-state index >= 15 is 0 Å². The number of H-pyrrole nitrogens is 1. The molecule has 4 rings (SSSR count). The summed E-state index contributed by atoms with van der Waals surface area (Å²) in [6, 6.07) is 17.0. The molecule has 0 saturated heterocycles. The maximum atomic E-state index is 11.9. The Morgan fingerprint density at radius 1 is 0.971 bits per heavy atom. The Bertz CT molecular complexity index is 1320. The van der Waals surface area contributed by atoms with Crippen molar-refractivity contribution in [2.24, 2.45) is 0 Å². The van der Waals surface area contributed by atoms with Crippen LogP contribution in [0, 0.1) is 0 Å². The van der Waals surface area contributed by atoms with Gasteiger partial charge in [-0.1, -0.05) is 36.4 Å².